The molecule has 3 rings (SSSR count). The Hall–Kier alpha value is -3.32. The van der Waals surface area contributed by atoms with Crippen molar-refractivity contribution in [2.75, 3.05) is 37.9 Å². The van der Waals surface area contributed by atoms with Crippen molar-refractivity contribution in [2.45, 2.75) is 13.5 Å². The molecule has 0 aliphatic rings. The standard InChI is InChI=1S/C22H26N4O3/c1-16(27)23-20-5-4-6-21-19(20)11-12-26(21)15-22(28)24-17-7-9-18(10-8-17)29-14-13-25(2)3/h4-12H,13-15H2,1-3H3,(H,23,27)(H,24,28). The Morgan fingerprint density at radius 2 is 1.79 bits per heavy atom. The third kappa shape index (κ3) is 5.58. The van der Waals surface area contributed by atoms with Gasteiger partial charge in [-0.05, 0) is 56.6 Å². The number of likely N-dealkylation sites (N-methyl/N-ethyl adjacent to an activating group) is 1. The molecule has 2 aromatic carbocycles. The molecule has 152 valence electrons. The van der Waals surface area contributed by atoms with Crippen molar-refractivity contribution in [3.05, 3.63) is 54.7 Å². The van der Waals surface area contributed by atoms with Crippen LogP contribution in [0.5, 0.6) is 5.75 Å². The highest BCUT2D eigenvalue weighted by Gasteiger charge is 2.10. The second kappa shape index (κ2) is 9.25. The normalized spacial score (nSPS) is 10.9. The zero-order valence-corrected chi connectivity index (χ0v) is 16.9. The zero-order chi connectivity index (χ0) is 20.8. The predicted molar refractivity (Wildman–Crippen MR) is 115 cm³/mol. The highest BCUT2D eigenvalue weighted by atomic mass is 16.5. The number of hydrogen-bond acceptors (Lipinski definition) is 4. The van der Waals surface area contributed by atoms with E-state index in [1.807, 2.05) is 73.4 Å². The number of hydrogen-bond donors (Lipinski definition) is 2. The summed E-state index contributed by atoms with van der Waals surface area (Å²) in [5, 5.41) is 6.61. The summed E-state index contributed by atoms with van der Waals surface area (Å²) in [7, 11) is 3.99. The maximum Gasteiger partial charge on any atom is 0.244 e. The topological polar surface area (TPSA) is 75.6 Å². The van der Waals surface area contributed by atoms with Crippen molar-refractivity contribution in [2.24, 2.45) is 0 Å². The number of fused-ring (bicyclic) bond motifs is 1. The summed E-state index contributed by atoms with van der Waals surface area (Å²) < 4.78 is 7.52. The van der Waals surface area contributed by atoms with Gasteiger partial charge in [-0.15, -0.1) is 0 Å². The Balaban J connectivity index is 1.61. The maximum atomic E-state index is 12.5. The average molecular weight is 394 g/mol. The Morgan fingerprint density at radius 1 is 1.03 bits per heavy atom. The first-order valence-corrected chi connectivity index (χ1v) is 9.45. The summed E-state index contributed by atoms with van der Waals surface area (Å²) in [6.07, 6.45) is 1.84. The largest absolute Gasteiger partial charge is 0.492 e. The zero-order valence-electron chi connectivity index (χ0n) is 16.9. The molecule has 2 amide bonds. The highest BCUT2D eigenvalue weighted by molar-refractivity contribution is 6.01. The lowest BCUT2D eigenvalue weighted by molar-refractivity contribution is -0.116. The lowest BCUT2D eigenvalue weighted by Gasteiger charge is -2.12. The number of carbonyl (C=O) groups is 2. The number of carbonyl (C=O) groups excluding carboxylic acids is 2. The molecule has 0 atom stereocenters. The minimum Gasteiger partial charge on any atom is -0.492 e. The Labute approximate surface area is 170 Å². The number of amides is 2. The molecule has 7 heteroatoms. The van der Waals surface area contributed by atoms with Gasteiger partial charge in [0.1, 0.15) is 18.9 Å². The molecule has 7 nitrogen and oxygen atoms in total. The van der Waals surface area contributed by atoms with Crippen LogP contribution in [0.4, 0.5) is 11.4 Å². The molecular formula is C22H26N4O3. The SMILES string of the molecule is CC(=O)Nc1cccc2c1ccn2CC(=O)Nc1ccc(OCCN(C)C)cc1. The van der Waals surface area contributed by atoms with E-state index in [4.69, 9.17) is 4.74 Å². The third-order valence-corrected chi connectivity index (χ3v) is 4.38. The molecule has 0 aliphatic heterocycles. The fourth-order valence-electron chi connectivity index (χ4n) is 3.00. The average Bonchev–Trinajstić information content (AvgIpc) is 3.06. The van der Waals surface area contributed by atoms with E-state index in [1.54, 1.807) is 0 Å². The second-order valence-electron chi connectivity index (χ2n) is 7.09. The summed E-state index contributed by atoms with van der Waals surface area (Å²) >= 11 is 0. The van der Waals surface area contributed by atoms with E-state index >= 15 is 0 Å². The molecule has 1 aromatic heterocycles. The molecule has 0 saturated carbocycles. The number of nitrogens with one attached hydrogen (secondary N) is 2. The van der Waals surface area contributed by atoms with Crippen molar-refractivity contribution in [1.82, 2.24) is 9.47 Å². The molecule has 0 bridgehead atoms. The summed E-state index contributed by atoms with van der Waals surface area (Å²) in [6, 6.07) is 14.9. The minimum atomic E-state index is -0.131. The molecule has 3 aromatic rings. The van der Waals surface area contributed by atoms with Gasteiger partial charge in [-0.3, -0.25) is 9.59 Å². The van der Waals surface area contributed by atoms with E-state index in [1.165, 1.54) is 6.92 Å². The van der Waals surface area contributed by atoms with Crippen LogP contribution >= 0.6 is 0 Å². The number of anilines is 2. The van der Waals surface area contributed by atoms with Gasteiger partial charge < -0.3 is 24.8 Å². The minimum absolute atomic E-state index is 0.128. The van der Waals surface area contributed by atoms with E-state index < -0.39 is 0 Å². The molecule has 0 fully saturated rings. The summed E-state index contributed by atoms with van der Waals surface area (Å²) in [6.45, 7) is 3.10. The molecule has 29 heavy (non-hydrogen) atoms. The van der Waals surface area contributed by atoms with Crippen molar-refractivity contribution in [3.63, 3.8) is 0 Å². The number of nitrogens with zero attached hydrogens (tertiary/aromatic N) is 2. The van der Waals surface area contributed by atoms with Crippen LogP contribution in [-0.4, -0.2) is 48.5 Å². The number of ether oxygens (including phenoxy) is 1. The van der Waals surface area contributed by atoms with Crippen molar-refractivity contribution in [3.8, 4) is 5.75 Å². The molecule has 0 radical (unpaired) electrons. The van der Waals surface area contributed by atoms with Gasteiger partial charge in [0.15, 0.2) is 0 Å². The highest BCUT2D eigenvalue weighted by Crippen LogP contribution is 2.24. The maximum absolute atomic E-state index is 12.5. The van der Waals surface area contributed by atoms with Crippen LogP contribution in [0.15, 0.2) is 54.7 Å². The predicted octanol–water partition coefficient (Wildman–Crippen LogP) is 3.18. The van der Waals surface area contributed by atoms with Crippen LogP contribution in [0, 0.1) is 0 Å². The first kappa shape index (κ1) is 20.4. The van der Waals surface area contributed by atoms with Gasteiger partial charge in [0.25, 0.3) is 0 Å². The first-order valence-electron chi connectivity index (χ1n) is 9.45. The molecular weight excluding hydrogens is 368 g/mol. The monoisotopic (exact) mass is 394 g/mol. The van der Waals surface area contributed by atoms with E-state index in [2.05, 4.69) is 15.5 Å². The molecule has 0 unspecified atom stereocenters. The molecule has 0 spiro atoms. The number of benzene rings is 2. The summed E-state index contributed by atoms with van der Waals surface area (Å²) in [4.78, 5) is 25.9. The fourth-order valence-corrected chi connectivity index (χ4v) is 3.00. The van der Waals surface area contributed by atoms with Crippen molar-refractivity contribution in [1.29, 1.82) is 0 Å². The Kier molecular flexibility index (Phi) is 6.51. The Morgan fingerprint density at radius 3 is 2.48 bits per heavy atom. The molecule has 0 saturated heterocycles. The van der Waals surface area contributed by atoms with Gasteiger partial charge in [0, 0.05) is 30.7 Å². The third-order valence-electron chi connectivity index (χ3n) is 4.38. The van der Waals surface area contributed by atoms with Gasteiger partial charge in [0.05, 0.1) is 11.2 Å². The molecule has 2 N–H and O–H groups in total. The van der Waals surface area contributed by atoms with E-state index in [9.17, 15) is 9.59 Å². The van der Waals surface area contributed by atoms with Crippen LogP contribution in [0.3, 0.4) is 0 Å². The molecule has 0 aliphatic carbocycles. The Bertz CT molecular complexity index is 993. The fraction of sp³-hybridized carbons (Fsp3) is 0.273. The van der Waals surface area contributed by atoms with E-state index in [0.29, 0.717) is 12.3 Å². The summed E-state index contributed by atoms with van der Waals surface area (Å²) in [5.74, 6) is 0.512. The van der Waals surface area contributed by atoms with Crippen molar-refractivity contribution >= 4 is 34.1 Å². The first-order chi connectivity index (χ1) is 13.9. The number of rotatable bonds is 8. The lowest BCUT2D eigenvalue weighted by atomic mass is 10.2. The van der Waals surface area contributed by atoms with E-state index in [-0.39, 0.29) is 18.4 Å². The number of aromatic nitrogens is 1. The smallest absolute Gasteiger partial charge is 0.244 e. The van der Waals surface area contributed by atoms with Gasteiger partial charge >= 0.3 is 0 Å². The lowest BCUT2D eigenvalue weighted by Crippen LogP contribution is -2.19. The quantitative estimate of drug-likeness (QED) is 0.615. The van der Waals surface area contributed by atoms with Gasteiger partial charge in [0.2, 0.25) is 11.8 Å². The van der Waals surface area contributed by atoms with Gasteiger partial charge in [-0.25, -0.2) is 0 Å². The van der Waals surface area contributed by atoms with Gasteiger partial charge in [-0.2, -0.15) is 0 Å². The van der Waals surface area contributed by atoms with Gasteiger partial charge in [-0.1, -0.05) is 6.07 Å². The van der Waals surface area contributed by atoms with Crippen LogP contribution in [0.2, 0.25) is 0 Å². The van der Waals surface area contributed by atoms with E-state index in [0.717, 1.165) is 28.9 Å². The summed E-state index contributed by atoms with van der Waals surface area (Å²) in [5.41, 5.74) is 2.33. The molecule has 1 heterocycles. The van der Waals surface area contributed by atoms with Crippen molar-refractivity contribution < 1.29 is 14.3 Å². The van der Waals surface area contributed by atoms with Crippen LogP contribution in [0.1, 0.15) is 6.92 Å². The van der Waals surface area contributed by atoms with Crippen LogP contribution in [-0.2, 0) is 16.1 Å². The van der Waals surface area contributed by atoms with Crippen LogP contribution < -0.4 is 15.4 Å². The second-order valence-corrected chi connectivity index (χ2v) is 7.09. The van der Waals surface area contributed by atoms with Crippen LogP contribution in [0.25, 0.3) is 10.9 Å².